The minimum Gasteiger partial charge on any atom is -0.399 e. The first-order valence-corrected chi connectivity index (χ1v) is 3.93. The van der Waals surface area contributed by atoms with Gasteiger partial charge in [-0.2, -0.15) is 5.26 Å². The molecule has 68 valence electrons. The first-order chi connectivity index (χ1) is 6.08. The fourth-order valence-electron chi connectivity index (χ4n) is 0.836. The molecule has 0 aromatic heterocycles. The molecule has 0 aromatic carbocycles. The Bertz CT molecular complexity index is 324. The largest absolute Gasteiger partial charge is 0.399 e. The predicted octanol–water partition coefficient (Wildman–Crippen LogP) is 2.43. The van der Waals surface area contributed by atoms with Crippen molar-refractivity contribution < 1.29 is 0 Å². The Morgan fingerprint density at radius 3 is 2.38 bits per heavy atom. The molecule has 0 aromatic rings. The summed E-state index contributed by atoms with van der Waals surface area (Å²) in [6.45, 7) is 11.0. The number of hydrogen-bond acceptors (Lipinski definition) is 2. The first-order valence-electron chi connectivity index (χ1n) is 3.93. The van der Waals surface area contributed by atoms with Crippen LogP contribution in [0.2, 0.25) is 0 Å². The van der Waals surface area contributed by atoms with Crippen LogP contribution < -0.4 is 5.73 Å². The minimum atomic E-state index is 0.509. The van der Waals surface area contributed by atoms with E-state index in [1.165, 1.54) is 6.08 Å². The number of nitrogens with zero attached hydrogens (tertiary/aromatic N) is 1. The van der Waals surface area contributed by atoms with Gasteiger partial charge in [0.15, 0.2) is 0 Å². The lowest BCUT2D eigenvalue weighted by Crippen LogP contribution is -2.01. The monoisotopic (exact) mass is 174 g/mol. The van der Waals surface area contributed by atoms with Crippen LogP contribution in [0.15, 0.2) is 47.7 Å². The topological polar surface area (TPSA) is 49.8 Å². The van der Waals surface area contributed by atoms with E-state index in [-0.39, 0.29) is 0 Å². The maximum absolute atomic E-state index is 8.72. The van der Waals surface area contributed by atoms with Gasteiger partial charge in [0.2, 0.25) is 0 Å². The zero-order valence-corrected chi connectivity index (χ0v) is 8.09. The van der Waals surface area contributed by atoms with Crippen LogP contribution >= 0.6 is 0 Å². The molecule has 0 aliphatic heterocycles. The molecule has 0 spiro atoms. The second-order valence-electron chi connectivity index (χ2n) is 2.58. The van der Waals surface area contributed by atoms with Gasteiger partial charge in [0.1, 0.15) is 0 Å². The Morgan fingerprint density at radius 1 is 1.54 bits per heavy atom. The van der Waals surface area contributed by atoms with E-state index < -0.39 is 0 Å². The van der Waals surface area contributed by atoms with Crippen LogP contribution in [0.5, 0.6) is 0 Å². The third-order valence-corrected chi connectivity index (χ3v) is 1.84. The molecule has 0 atom stereocenters. The molecule has 0 fully saturated rings. The first kappa shape index (κ1) is 11.2. The van der Waals surface area contributed by atoms with Crippen LogP contribution in [0.4, 0.5) is 0 Å². The van der Waals surface area contributed by atoms with Crippen molar-refractivity contribution in [2.24, 2.45) is 5.73 Å². The fraction of sp³-hybridized carbons (Fsp3) is 0.182. The lowest BCUT2D eigenvalue weighted by molar-refractivity contribution is 1.26. The van der Waals surface area contributed by atoms with E-state index in [2.05, 4.69) is 13.2 Å². The van der Waals surface area contributed by atoms with E-state index in [9.17, 15) is 0 Å². The van der Waals surface area contributed by atoms with Crippen LogP contribution in [-0.2, 0) is 0 Å². The molecule has 13 heavy (non-hydrogen) atoms. The molecule has 0 aliphatic rings. The summed E-state index contributed by atoms with van der Waals surface area (Å²) >= 11 is 0. The summed E-state index contributed by atoms with van der Waals surface area (Å²) in [5.74, 6) is 0. The van der Waals surface area contributed by atoms with Gasteiger partial charge in [-0.1, -0.05) is 25.3 Å². The summed E-state index contributed by atoms with van der Waals surface area (Å²) in [5, 5.41) is 8.72. The van der Waals surface area contributed by atoms with Gasteiger partial charge in [0, 0.05) is 5.70 Å². The Kier molecular flexibility index (Phi) is 4.32. The SMILES string of the molecule is C=C/C(C#N)=C(\C)C(=C)/C(N)=C\C. The molecular formula is C11H14N2. The highest BCUT2D eigenvalue weighted by Gasteiger charge is 2.03. The second kappa shape index (κ2) is 5.00. The standard InChI is InChI=1S/C11H14N2/c1-5-10(7-12)8(3)9(4)11(13)6-2/h5-6H,1,4,13H2,2-3H3/b10-8-,11-6+. The van der Waals surface area contributed by atoms with Crippen molar-refractivity contribution in [3.8, 4) is 6.07 Å². The Labute approximate surface area is 79.4 Å². The molecule has 2 nitrogen and oxygen atoms in total. The van der Waals surface area contributed by atoms with E-state index >= 15 is 0 Å². The van der Waals surface area contributed by atoms with Crippen molar-refractivity contribution in [1.29, 1.82) is 5.26 Å². The van der Waals surface area contributed by atoms with Crippen molar-refractivity contribution in [3.05, 3.63) is 47.7 Å². The maximum Gasteiger partial charge on any atom is 0.0994 e. The number of nitriles is 1. The predicted molar refractivity (Wildman–Crippen MR) is 55.6 cm³/mol. The highest BCUT2D eigenvalue weighted by atomic mass is 14.6. The van der Waals surface area contributed by atoms with Gasteiger partial charge in [0.05, 0.1) is 11.6 Å². The van der Waals surface area contributed by atoms with Gasteiger partial charge in [-0.15, -0.1) is 0 Å². The fourth-order valence-corrected chi connectivity index (χ4v) is 0.836. The lowest BCUT2D eigenvalue weighted by atomic mass is 10.0. The molecule has 2 heteroatoms. The van der Waals surface area contributed by atoms with Crippen LogP contribution in [0.25, 0.3) is 0 Å². The van der Waals surface area contributed by atoms with Gasteiger partial charge in [-0.05, 0) is 25.0 Å². The maximum atomic E-state index is 8.72. The van der Waals surface area contributed by atoms with E-state index in [1.807, 2.05) is 13.0 Å². The molecule has 0 radical (unpaired) electrons. The summed E-state index contributed by atoms with van der Waals surface area (Å²) in [6.07, 6.45) is 3.26. The van der Waals surface area contributed by atoms with Gasteiger partial charge < -0.3 is 5.73 Å². The van der Waals surface area contributed by atoms with Crippen molar-refractivity contribution in [3.63, 3.8) is 0 Å². The lowest BCUT2D eigenvalue weighted by Gasteiger charge is -2.06. The number of hydrogen-bond donors (Lipinski definition) is 1. The average molecular weight is 174 g/mol. The van der Waals surface area contributed by atoms with Crippen LogP contribution in [0, 0.1) is 11.3 Å². The second-order valence-corrected chi connectivity index (χ2v) is 2.58. The summed E-state index contributed by atoms with van der Waals surface area (Å²) in [5.41, 5.74) is 8.20. The number of allylic oxidation sites excluding steroid dienone is 4. The molecule has 0 bridgehead atoms. The Hall–Kier alpha value is -1.75. The summed E-state index contributed by atoms with van der Waals surface area (Å²) in [4.78, 5) is 0. The molecule has 0 amide bonds. The van der Waals surface area contributed by atoms with Crippen LogP contribution in [0.1, 0.15) is 13.8 Å². The van der Waals surface area contributed by atoms with Gasteiger partial charge >= 0.3 is 0 Å². The van der Waals surface area contributed by atoms with Crippen molar-refractivity contribution in [2.45, 2.75) is 13.8 Å². The van der Waals surface area contributed by atoms with Gasteiger partial charge in [-0.25, -0.2) is 0 Å². The summed E-state index contributed by atoms with van der Waals surface area (Å²) in [7, 11) is 0. The minimum absolute atomic E-state index is 0.509. The highest BCUT2D eigenvalue weighted by molar-refractivity contribution is 5.51. The average Bonchev–Trinajstić information content (AvgIpc) is 2.17. The third-order valence-electron chi connectivity index (χ3n) is 1.84. The number of nitrogens with two attached hydrogens (primary N) is 1. The summed E-state index contributed by atoms with van der Waals surface area (Å²) < 4.78 is 0. The van der Waals surface area contributed by atoms with E-state index in [4.69, 9.17) is 11.0 Å². The van der Waals surface area contributed by atoms with Crippen LogP contribution in [0.3, 0.4) is 0 Å². The quantitative estimate of drug-likeness (QED) is 0.527. The normalized spacial score (nSPS) is 12.8. The Balaban J connectivity index is 5.12. The number of rotatable bonds is 3. The molecule has 0 saturated heterocycles. The molecule has 0 saturated carbocycles. The van der Waals surface area contributed by atoms with E-state index in [1.54, 1.807) is 13.0 Å². The molecular weight excluding hydrogens is 160 g/mol. The summed E-state index contributed by atoms with van der Waals surface area (Å²) in [6, 6.07) is 2.03. The van der Waals surface area contributed by atoms with Crippen LogP contribution in [-0.4, -0.2) is 0 Å². The molecule has 0 heterocycles. The molecule has 0 unspecified atom stereocenters. The highest BCUT2D eigenvalue weighted by Crippen LogP contribution is 2.17. The van der Waals surface area contributed by atoms with Crippen molar-refractivity contribution in [2.75, 3.05) is 0 Å². The van der Waals surface area contributed by atoms with Crippen molar-refractivity contribution >= 4 is 0 Å². The van der Waals surface area contributed by atoms with Crippen molar-refractivity contribution in [1.82, 2.24) is 0 Å². The zero-order valence-electron chi connectivity index (χ0n) is 8.09. The molecule has 0 rings (SSSR count). The van der Waals surface area contributed by atoms with Gasteiger partial charge in [-0.3, -0.25) is 0 Å². The van der Waals surface area contributed by atoms with E-state index in [0.717, 1.165) is 5.57 Å². The van der Waals surface area contributed by atoms with E-state index in [0.29, 0.717) is 16.8 Å². The van der Waals surface area contributed by atoms with Gasteiger partial charge in [0.25, 0.3) is 0 Å². The Morgan fingerprint density at radius 2 is 2.08 bits per heavy atom. The molecule has 0 aliphatic carbocycles. The zero-order chi connectivity index (χ0) is 10.4. The molecule has 2 N–H and O–H groups in total. The third kappa shape index (κ3) is 2.64. The smallest absolute Gasteiger partial charge is 0.0994 e.